The van der Waals surface area contributed by atoms with Crippen LogP contribution in [0.25, 0.3) is 0 Å². The van der Waals surface area contributed by atoms with E-state index in [1.165, 1.54) is 4.90 Å². The maximum atomic E-state index is 13.4. The van der Waals surface area contributed by atoms with Gasteiger partial charge in [-0.25, -0.2) is 0 Å². The maximum Gasteiger partial charge on any atom is 0.303 e. The molecule has 0 radical (unpaired) electrons. The van der Waals surface area contributed by atoms with Crippen molar-refractivity contribution in [1.82, 2.24) is 9.80 Å². The molecule has 0 bridgehead atoms. The standard InChI is InChI=1S/C38H78N2O8Si4/c1-17-36(7,51(14,15)48-38(20-4,21-5)49(8,9)10)37(18-2,19-3)47-52(16,31(6)46-50(11,12)13)30-22-27-39(32(41)25-26-35(44)45)28-29-40-33(42)23-24-34(40)43/h31H,17-30H2,1-16H3,(H,44,45)/t31-,36+,52?/m1/s1. The highest BCUT2D eigenvalue weighted by molar-refractivity contribution is 6.82. The quantitative estimate of drug-likeness (QED) is 0.0717. The summed E-state index contributed by atoms with van der Waals surface area (Å²) in [4.78, 5) is 52.3. The van der Waals surface area contributed by atoms with Crippen molar-refractivity contribution < 1.29 is 37.6 Å². The van der Waals surface area contributed by atoms with Gasteiger partial charge in [0.15, 0.2) is 16.6 Å². The maximum absolute atomic E-state index is 13.4. The van der Waals surface area contributed by atoms with Crippen molar-refractivity contribution in [1.29, 1.82) is 0 Å². The van der Waals surface area contributed by atoms with Gasteiger partial charge in [-0.3, -0.25) is 24.1 Å². The lowest BCUT2D eigenvalue weighted by Gasteiger charge is -2.60. The topological polar surface area (TPSA) is 123 Å². The van der Waals surface area contributed by atoms with Gasteiger partial charge in [0.2, 0.25) is 26.0 Å². The molecule has 52 heavy (non-hydrogen) atoms. The van der Waals surface area contributed by atoms with Crippen LogP contribution in [0.4, 0.5) is 0 Å². The Hall–Kier alpha value is -1.17. The number of hydrogen-bond donors (Lipinski definition) is 1. The van der Waals surface area contributed by atoms with Crippen LogP contribution < -0.4 is 0 Å². The first-order chi connectivity index (χ1) is 23.7. The lowest BCUT2D eigenvalue weighted by molar-refractivity contribution is -0.142. The Kier molecular flexibility index (Phi) is 18.0. The fraction of sp³-hybridized carbons (Fsp3) is 0.895. The van der Waals surface area contributed by atoms with Gasteiger partial charge in [0, 0.05) is 49.2 Å². The number of rotatable bonds is 25. The Labute approximate surface area is 321 Å². The molecule has 304 valence electrons. The molecule has 1 rings (SSSR count). The highest BCUT2D eigenvalue weighted by Crippen LogP contribution is 2.58. The van der Waals surface area contributed by atoms with Crippen molar-refractivity contribution in [2.24, 2.45) is 0 Å². The van der Waals surface area contributed by atoms with Crippen molar-refractivity contribution in [3.63, 3.8) is 0 Å². The van der Waals surface area contributed by atoms with Crippen molar-refractivity contribution in [3.05, 3.63) is 0 Å². The van der Waals surface area contributed by atoms with Crippen molar-refractivity contribution in [3.8, 4) is 0 Å². The minimum absolute atomic E-state index is 0.105. The van der Waals surface area contributed by atoms with E-state index in [2.05, 4.69) is 107 Å². The Morgan fingerprint density at radius 2 is 1.33 bits per heavy atom. The van der Waals surface area contributed by atoms with Crippen LogP contribution in [0.15, 0.2) is 0 Å². The molecule has 1 unspecified atom stereocenters. The molecule has 0 spiro atoms. The van der Waals surface area contributed by atoms with Gasteiger partial charge < -0.3 is 23.3 Å². The van der Waals surface area contributed by atoms with Crippen molar-refractivity contribution in [2.75, 3.05) is 19.6 Å². The fourth-order valence-corrected chi connectivity index (χ4v) is 22.8. The molecule has 0 aromatic rings. The summed E-state index contributed by atoms with van der Waals surface area (Å²) in [6, 6.07) is 0.732. The smallest absolute Gasteiger partial charge is 0.303 e. The normalized spacial score (nSPS) is 18.0. The summed E-state index contributed by atoms with van der Waals surface area (Å²) in [5, 5.41) is 8.94. The number of carbonyl (C=O) groups excluding carboxylic acids is 3. The molecule has 14 heteroatoms. The highest BCUT2D eigenvalue weighted by atomic mass is 28.4. The van der Waals surface area contributed by atoms with E-state index in [1.807, 2.05) is 0 Å². The van der Waals surface area contributed by atoms with Gasteiger partial charge in [-0.2, -0.15) is 0 Å². The number of amides is 3. The van der Waals surface area contributed by atoms with E-state index in [1.54, 1.807) is 4.90 Å². The molecule has 0 aromatic heterocycles. The van der Waals surface area contributed by atoms with Gasteiger partial charge in [0.25, 0.3) is 0 Å². The SMILES string of the molecule is CCC(CC)(O[Si](C)(CCCN(CCN1C(=O)CCC1=O)C(=O)CCC(=O)O)[C@H](C)O[Si](C)(C)C)[C@](C)(CC)[Si](C)(C)OC(CC)(CC)[Si](C)(C)C. The number of carboxylic acid groups (broad SMARTS) is 1. The largest absolute Gasteiger partial charge is 0.481 e. The number of nitrogens with zero attached hydrogens (tertiary/aromatic N) is 2. The molecule has 0 aromatic carbocycles. The lowest BCUT2D eigenvalue weighted by atomic mass is 9.81. The molecule has 1 aliphatic heterocycles. The van der Waals surface area contributed by atoms with Crippen LogP contribution >= 0.6 is 0 Å². The molecule has 10 nitrogen and oxygen atoms in total. The third-order valence-corrected chi connectivity index (χ3v) is 26.2. The number of carbonyl (C=O) groups is 4. The highest BCUT2D eigenvalue weighted by Gasteiger charge is 2.62. The van der Waals surface area contributed by atoms with E-state index in [9.17, 15) is 24.3 Å². The van der Waals surface area contributed by atoms with Crippen molar-refractivity contribution in [2.45, 2.75) is 199 Å². The second-order valence-corrected chi connectivity index (χ2v) is 36.4. The van der Waals surface area contributed by atoms with Gasteiger partial charge >= 0.3 is 5.97 Å². The molecule has 3 amide bonds. The molecule has 1 heterocycles. The molecular formula is C38H78N2O8Si4. The summed E-state index contributed by atoms with van der Waals surface area (Å²) < 4.78 is 22.4. The molecule has 1 aliphatic rings. The summed E-state index contributed by atoms with van der Waals surface area (Å²) in [5.74, 6) is -1.76. The summed E-state index contributed by atoms with van der Waals surface area (Å²) in [7, 11) is -8.90. The zero-order valence-corrected chi connectivity index (χ0v) is 40.2. The van der Waals surface area contributed by atoms with E-state index in [0.717, 1.165) is 38.1 Å². The second-order valence-electron chi connectivity index (χ2n) is 18.1. The summed E-state index contributed by atoms with van der Waals surface area (Å²) in [6.07, 6.45) is 5.22. The number of likely N-dealkylation sites (tertiary alicyclic amines) is 1. The minimum Gasteiger partial charge on any atom is -0.481 e. The third kappa shape index (κ3) is 11.7. The van der Waals surface area contributed by atoms with E-state index >= 15 is 0 Å². The van der Waals surface area contributed by atoms with Crippen LogP contribution in [0.3, 0.4) is 0 Å². The van der Waals surface area contributed by atoms with Crippen molar-refractivity contribution >= 4 is 56.7 Å². The first kappa shape index (κ1) is 48.8. The number of aliphatic carboxylic acids is 1. The summed E-state index contributed by atoms with van der Waals surface area (Å²) >= 11 is 0. The fourth-order valence-electron chi connectivity index (χ4n) is 8.68. The van der Waals surface area contributed by atoms with E-state index < -0.39 is 44.6 Å². The molecule has 0 saturated carbocycles. The van der Waals surface area contributed by atoms with Crippen LogP contribution in [0.2, 0.25) is 70.0 Å². The zero-order valence-electron chi connectivity index (χ0n) is 36.2. The summed E-state index contributed by atoms with van der Waals surface area (Å²) in [6.45, 7) is 37.7. The number of imide groups is 1. The van der Waals surface area contributed by atoms with E-state index in [4.69, 9.17) is 13.3 Å². The van der Waals surface area contributed by atoms with Crippen LogP contribution in [0.1, 0.15) is 113 Å². The average molecular weight is 803 g/mol. The molecule has 3 atom stereocenters. The average Bonchev–Trinajstić information content (AvgIpc) is 3.36. The van der Waals surface area contributed by atoms with Gasteiger partial charge in [-0.15, -0.1) is 0 Å². The molecule has 1 N–H and O–H groups in total. The zero-order chi connectivity index (χ0) is 40.6. The molecular weight excluding hydrogens is 725 g/mol. The molecule has 1 fully saturated rings. The minimum atomic E-state index is -2.73. The second kappa shape index (κ2) is 19.1. The Morgan fingerprint density at radius 1 is 0.808 bits per heavy atom. The Morgan fingerprint density at radius 3 is 1.73 bits per heavy atom. The molecule has 0 aliphatic carbocycles. The van der Waals surface area contributed by atoms with Crippen LogP contribution in [0.5, 0.6) is 0 Å². The predicted octanol–water partition coefficient (Wildman–Crippen LogP) is 8.98. The molecule has 1 saturated heterocycles. The monoisotopic (exact) mass is 802 g/mol. The van der Waals surface area contributed by atoms with E-state index in [0.29, 0.717) is 13.0 Å². The van der Waals surface area contributed by atoms with Gasteiger partial charge in [-0.1, -0.05) is 61.2 Å². The van der Waals surface area contributed by atoms with Crippen LogP contribution in [-0.2, 0) is 32.5 Å². The van der Waals surface area contributed by atoms with Crippen LogP contribution in [-0.4, -0.2) is 108 Å². The Bertz CT molecular complexity index is 1200. The predicted molar refractivity (Wildman–Crippen MR) is 223 cm³/mol. The van der Waals surface area contributed by atoms with Gasteiger partial charge in [-0.05, 0) is 90.8 Å². The lowest BCUT2D eigenvalue weighted by Crippen LogP contribution is -2.67. The van der Waals surface area contributed by atoms with E-state index in [-0.39, 0.29) is 72.5 Å². The van der Waals surface area contributed by atoms with Crippen LogP contribution in [0, 0.1) is 0 Å². The Balaban J connectivity index is 3.63. The van der Waals surface area contributed by atoms with Gasteiger partial charge in [0.1, 0.15) is 0 Å². The number of hydrogen-bond acceptors (Lipinski definition) is 7. The first-order valence-corrected chi connectivity index (χ1v) is 32.6. The van der Waals surface area contributed by atoms with Gasteiger partial charge in [0.05, 0.1) is 25.8 Å². The third-order valence-electron chi connectivity index (χ3n) is 12.7. The summed E-state index contributed by atoms with van der Waals surface area (Å²) in [5.41, 5.74) is -0.567. The number of carboxylic acids is 1. The first-order valence-electron chi connectivity index (χ1n) is 20.1.